The first kappa shape index (κ1) is 23.6. The largest absolute Gasteiger partial charge is 0.463 e. The lowest BCUT2D eigenvalue weighted by atomic mass is 9.78. The average molecular weight is 466 g/mol. The number of likely N-dealkylation sites (tertiary alicyclic amines) is 1. The van der Waals surface area contributed by atoms with Gasteiger partial charge in [0.2, 0.25) is 0 Å². The van der Waals surface area contributed by atoms with Gasteiger partial charge in [-0.1, -0.05) is 0 Å². The molecule has 2 fully saturated rings. The van der Waals surface area contributed by atoms with E-state index >= 15 is 0 Å². The summed E-state index contributed by atoms with van der Waals surface area (Å²) in [6, 6.07) is 5.72. The monoisotopic (exact) mass is 465 g/mol. The van der Waals surface area contributed by atoms with E-state index in [1.165, 1.54) is 6.42 Å². The molecule has 0 saturated carbocycles. The first-order valence-corrected chi connectivity index (χ1v) is 10.5. The van der Waals surface area contributed by atoms with E-state index in [0.717, 1.165) is 50.1 Å². The van der Waals surface area contributed by atoms with Gasteiger partial charge in [-0.25, -0.2) is 9.67 Å². The summed E-state index contributed by atoms with van der Waals surface area (Å²) in [5.74, 6) is 0.724. The smallest absolute Gasteiger partial charge is 0.254 e. The maximum absolute atomic E-state index is 13.5. The average Bonchev–Trinajstić information content (AvgIpc) is 3.48. The van der Waals surface area contributed by atoms with Gasteiger partial charge in [-0.3, -0.25) is 4.79 Å². The van der Waals surface area contributed by atoms with E-state index in [0.29, 0.717) is 22.4 Å². The summed E-state index contributed by atoms with van der Waals surface area (Å²) < 4.78 is 7.43. The van der Waals surface area contributed by atoms with Crippen LogP contribution >= 0.6 is 24.8 Å². The molecule has 7 nitrogen and oxygen atoms in total. The van der Waals surface area contributed by atoms with Gasteiger partial charge in [0.1, 0.15) is 5.69 Å². The molecule has 3 aromatic heterocycles. The van der Waals surface area contributed by atoms with Crippen LogP contribution in [-0.2, 0) is 0 Å². The van der Waals surface area contributed by atoms with Crippen LogP contribution in [0.2, 0.25) is 0 Å². The van der Waals surface area contributed by atoms with Crippen LogP contribution in [0.25, 0.3) is 22.5 Å². The Bertz CT molecular complexity index is 1030. The van der Waals surface area contributed by atoms with Crippen molar-refractivity contribution < 1.29 is 9.21 Å². The standard InChI is InChI=1S/C22H27N5O2.2ClH/c1-15(2)27-20-17(13-24-27)16(12-18(25-20)19-4-3-11-29-19)21(28)26-9-6-22(7-10-26)5-8-23-14-22;;/h3-4,11-13,15,23H,5-10,14H2,1-2H3;2*1H. The Balaban J connectivity index is 0.00000136. The molecule has 2 saturated heterocycles. The van der Waals surface area contributed by atoms with Gasteiger partial charge in [0.05, 0.1) is 23.4 Å². The van der Waals surface area contributed by atoms with Gasteiger partial charge in [-0.05, 0) is 63.3 Å². The van der Waals surface area contributed by atoms with Crippen LogP contribution in [0, 0.1) is 5.41 Å². The highest BCUT2D eigenvalue weighted by atomic mass is 35.5. The Morgan fingerprint density at radius 1 is 1.23 bits per heavy atom. The Kier molecular flexibility index (Phi) is 6.98. The van der Waals surface area contributed by atoms with E-state index in [1.807, 2.05) is 27.8 Å². The van der Waals surface area contributed by atoms with Crippen molar-refractivity contribution in [2.45, 2.75) is 39.2 Å². The molecule has 0 bridgehead atoms. The van der Waals surface area contributed by atoms with E-state index < -0.39 is 0 Å². The molecule has 0 unspecified atom stereocenters. The molecule has 2 aliphatic rings. The van der Waals surface area contributed by atoms with Crippen molar-refractivity contribution >= 4 is 41.8 Å². The number of piperidine rings is 1. The molecule has 0 atom stereocenters. The summed E-state index contributed by atoms with van der Waals surface area (Å²) in [4.78, 5) is 20.3. The molecule has 0 aromatic carbocycles. The Labute approximate surface area is 194 Å². The van der Waals surface area contributed by atoms with Crippen molar-refractivity contribution in [3.8, 4) is 11.5 Å². The summed E-state index contributed by atoms with van der Waals surface area (Å²) in [7, 11) is 0. The van der Waals surface area contributed by atoms with Crippen LogP contribution in [0.1, 0.15) is 49.5 Å². The van der Waals surface area contributed by atoms with Crippen LogP contribution < -0.4 is 5.32 Å². The van der Waals surface area contributed by atoms with Crippen LogP contribution in [0.15, 0.2) is 35.1 Å². The van der Waals surface area contributed by atoms with Crippen LogP contribution in [0.5, 0.6) is 0 Å². The van der Waals surface area contributed by atoms with Gasteiger partial charge in [-0.15, -0.1) is 24.8 Å². The molecule has 0 aliphatic carbocycles. The molecular formula is C22H29Cl2N5O2. The van der Waals surface area contributed by atoms with E-state index in [4.69, 9.17) is 9.40 Å². The third kappa shape index (κ3) is 4.19. The molecule has 3 aromatic rings. The van der Waals surface area contributed by atoms with Crippen LogP contribution in [0.4, 0.5) is 0 Å². The van der Waals surface area contributed by atoms with E-state index in [1.54, 1.807) is 12.5 Å². The Hall–Kier alpha value is -2.09. The molecule has 168 valence electrons. The van der Waals surface area contributed by atoms with E-state index in [2.05, 4.69) is 24.3 Å². The predicted molar refractivity (Wildman–Crippen MR) is 125 cm³/mol. The third-order valence-electron chi connectivity index (χ3n) is 6.50. The molecule has 31 heavy (non-hydrogen) atoms. The van der Waals surface area contributed by atoms with Gasteiger partial charge in [0, 0.05) is 25.7 Å². The second-order valence-electron chi connectivity index (χ2n) is 8.67. The number of hydrogen-bond donors (Lipinski definition) is 1. The van der Waals surface area contributed by atoms with E-state index in [9.17, 15) is 4.79 Å². The quantitative estimate of drug-likeness (QED) is 0.622. The molecule has 1 amide bonds. The maximum atomic E-state index is 13.5. The Morgan fingerprint density at radius 3 is 2.61 bits per heavy atom. The van der Waals surface area contributed by atoms with Gasteiger partial charge in [-0.2, -0.15) is 5.10 Å². The SMILES string of the molecule is CC(C)n1ncc2c(C(=O)N3CCC4(CCNC4)CC3)cc(-c3ccco3)nc21.Cl.Cl. The number of carbonyl (C=O) groups is 1. The number of hydrogen-bond acceptors (Lipinski definition) is 5. The van der Waals surface area contributed by atoms with Gasteiger partial charge in [0.25, 0.3) is 5.91 Å². The summed E-state index contributed by atoms with van der Waals surface area (Å²) in [5.41, 5.74) is 2.44. The predicted octanol–water partition coefficient (Wildman–Crippen LogP) is 4.33. The topological polar surface area (TPSA) is 76.2 Å². The second-order valence-corrected chi connectivity index (χ2v) is 8.67. The number of aromatic nitrogens is 3. The minimum absolute atomic E-state index is 0. The number of nitrogens with one attached hydrogen (secondary N) is 1. The summed E-state index contributed by atoms with van der Waals surface area (Å²) in [6.07, 6.45) is 6.75. The number of pyridine rings is 1. The minimum Gasteiger partial charge on any atom is -0.463 e. The fourth-order valence-electron chi connectivity index (χ4n) is 4.70. The van der Waals surface area contributed by atoms with Gasteiger partial charge in [0.15, 0.2) is 11.4 Å². The number of rotatable bonds is 3. The zero-order valence-electron chi connectivity index (χ0n) is 17.8. The first-order valence-electron chi connectivity index (χ1n) is 10.5. The summed E-state index contributed by atoms with van der Waals surface area (Å²) in [6.45, 7) is 7.92. The van der Waals surface area contributed by atoms with Crippen molar-refractivity contribution in [3.63, 3.8) is 0 Å². The zero-order valence-corrected chi connectivity index (χ0v) is 19.5. The van der Waals surface area contributed by atoms with Crippen molar-refractivity contribution in [3.05, 3.63) is 36.2 Å². The molecule has 9 heteroatoms. The summed E-state index contributed by atoms with van der Waals surface area (Å²) in [5, 5.41) is 8.80. The molecule has 2 aliphatic heterocycles. The lowest BCUT2D eigenvalue weighted by Crippen LogP contribution is -2.44. The molecule has 1 spiro atoms. The number of furan rings is 1. The van der Waals surface area contributed by atoms with Gasteiger partial charge >= 0.3 is 0 Å². The number of nitrogens with zero attached hydrogens (tertiary/aromatic N) is 4. The van der Waals surface area contributed by atoms with Crippen molar-refractivity contribution in [2.75, 3.05) is 26.2 Å². The first-order chi connectivity index (χ1) is 14.1. The Morgan fingerprint density at radius 2 is 2.00 bits per heavy atom. The van der Waals surface area contributed by atoms with Crippen molar-refractivity contribution in [1.82, 2.24) is 25.0 Å². The highest BCUT2D eigenvalue weighted by Crippen LogP contribution is 2.37. The molecular weight excluding hydrogens is 437 g/mol. The third-order valence-corrected chi connectivity index (χ3v) is 6.50. The van der Waals surface area contributed by atoms with Crippen LogP contribution in [0.3, 0.4) is 0 Å². The number of amides is 1. The lowest BCUT2D eigenvalue weighted by molar-refractivity contribution is 0.0609. The summed E-state index contributed by atoms with van der Waals surface area (Å²) >= 11 is 0. The van der Waals surface area contributed by atoms with Crippen molar-refractivity contribution in [2.24, 2.45) is 5.41 Å². The van der Waals surface area contributed by atoms with E-state index in [-0.39, 0.29) is 36.8 Å². The van der Waals surface area contributed by atoms with Crippen LogP contribution in [-0.4, -0.2) is 51.8 Å². The molecule has 0 radical (unpaired) electrons. The normalized spacial score (nSPS) is 17.7. The highest BCUT2D eigenvalue weighted by molar-refractivity contribution is 6.06. The fourth-order valence-corrected chi connectivity index (χ4v) is 4.70. The molecule has 5 rings (SSSR count). The van der Waals surface area contributed by atoms with Crippen molar-refractivity contribution in [1.29, 1.82) is 0 Å². The second kappa shape index (κ2) is 9.18. The number of fused-ring (bicyclic) bond motifs is 1. The lowest BCUT2D eigenvalue weighted by Gasteiger charge is -2.39. The molecule has 5 heterocycles. The number of carbonyl (C=O) groups excluding carboxylic acids is 1. The zero-order chi connectivity index (χ0) is 20.0. The number of halogens is 2. The minimum atomic E-state index is 0. The highest BCUT2D eigenvalue weighted by Gasteiger charge is 2.38. The molecule has 1 N–H and O–H groups in total. The fraction of sp³-hybridized carbons (Fsp3) is 0.500. The van der Waals surface area contributed by atoms with Gasteiger partial charge < -0.3 is 14.6 Å². The maximum Gasteiger partial charge on any atom is 0.254 e.